The van der Waals surface area contributed by atoms with Crippen molar-refractivity contribution in [1.82, 2.24) is 0 Å². The highest BCUT2D eigenvalue weighted by atomic mass is 79.9. The zero-order valence-corrected chi connectivity index (χ0v) is 13.9. The molecule has 6 heteroatoms. The number of nitrogens with one attached hydrogen (secondary N) is 1. The second kappa shape index (κ2) is 5.96. The van der Waals surface area contributed by atoms with Gasteiger partial charge >= 0.3 is 0 Å². The summed E-state index contributed by atoms with van der Waals surface area (Å²) in [5.41, 5.74) is 1.69. The van der Waals surface area contributed by atoms with Crippen molar-refractivity contribution in [3.8, 4) is 17.6 Å². The van der Waals surface area contributed by atoms with E-state index in [1.54, 1.807) is 0 Å². The van der Waals surface area contributed by atoms with Crippen LogP contribution in [0.1, 0.15) is 11.6 Å². The van der Waals surface area contributed by atoms with E-state index < -0.39 is 6.04 Å². The maximum atomic E-state index is 9.43. The second-order valence-corrected chi connectivity index (χ2v) is 6.22. The minimum atomic E-state index is -0.475. The van der Waals surface area contributed by atoms with Crippen molar-refractivity contribution in [2.24, 2.45) is 0 Å². The largest absolute Gasteiger partial charge is 0.454 e. The molecule has 3 rings (SSSR count). The number of halogens is 2. The van der Waals surface area contributed by atoms with Crippen LogP contribution in [0.4, 0.5) is 5.69 Å². The molecule has 1 aliphatic rings. The molecule has 2 aromatic rings. The molecule has 1 heterocycles. The van der Waals surface area contributed by atoms with Gasteiger partial charge in [-0.1, -0.05) is 15.9 Å². The Labute approximate surface area is 138 Å². The van der Waals surface area contributed by atoms with E-state index in [1.807, 2.05) is 36.4 Å². The number of nitriles is 1. The van der Waals surface area contributed by atoms with E-state index in [0.29, 0.717) is 11.5 Å². The minimum Gasteiger partial charge on any atom is -0.454 e. The third kappa shape index (κ3) is 2.99. The fourth-order valence-corrected chi connectivity index (χ4v) is 2.90. The van der Waals surface area contributed by atoms with E-state index in [1.165, 1.54) is 0 Å². The molecule has 2 aromatic carbocycles. The molecule has 4 nitrogen and oxygen atoms in total. The molecule has 106 valence electrons. The van der Waals surface area contributed by atoms with Crippen molar-refractivity contribution in [3.63, 3.8) is 0 Å². The van der Waals surface area contributed by atoms with E-state index in [4.69, 9.17) is 9.47 Å². The van der Waals surface area contributed by atoms with E-state index in [9.17, 15) is 5.26 Å². The molecule has 0 spiro atoms. The molecule has 0 bridgehead atoms. The van der Waals surface area contributed by atoms with Crippen LogP contribution in [-0.2, 0) is 0 Å². The first-order valence-electron chi connectivity index (χ1n) is 6.18. The molecule has 1 unspecified atom stereocenters. The second-order valence-electron chi connectivity index (χ2n) is 4.45. The molecule has 1 aliphatic heterocycles. The maximum Gasteiger partial charge on any atom is 0.231 e. The van der Waals surface area contributed by atoms with Gasteiger partial charge < -0.3 is 14.8 Å². The lowest BCUT2D eigenvalue weighted by atomic mass is 10.1. The maximum absolute atomic E-state index is 9.43. The lowest BCUT2D eigenvalue weighted by Gasteiger charge is -2.14. The summed E-state index contributed by atoms with van der Waals surface area (Å²) in [7, 11) is 0. The van der Waals surface area contributed by atoms with Gasteiger partial charge in [-0.3, -0.25) is 0 Å². The fourth-order valence-electron chi connectivity index (χ4n) is 2.06. The Balaban J connectivity index is 1.88. The molecule has 0 amide bonds. The van der Waals surface area contributed by atoms with E-state index in [2.05, 4.69) is 43.2 Å². The first-order valence-corrected chi connectivity index (χ1v) is 7.77. The number of fused-ring (bicyclic) bond motifs is 1. The van der Waals surface area contributed by atoms with Crippen LogP contribution in [0.2, 0.25) is 0 Å². The minimum absolute atomic E-state index is 0.203. The van der Waals surface area contributed by atoms with Crippen molar-refractivity contribution in [1.29, 1.82) is 5.26 Å². The van der Waals surface area contributed by atoms with E-state index in [-0.39, 0.29) is 6.79 Å². The van der Waals surface area contributed by atoms with Crippen molar-refractivity contribution in [2.75, 3.05) is 12.1 Å². The Morgan fingerprint density at radius 2 is 1.90 bits per heavy atom. The zero-order valence-electron chi connectivity index (χ0n) is 10.8. The summed E-state index contributed by atoms with van der Waals surface area (Å²) in [6, 6.07) is 13.2. The lowest BCUT2D eigenvalue weighted by Crippen LogP contribution is -2.08. The Hall–Kier alpha value is -1.71. The Morgan fingerprint density at radius 3 is 2.62 bits per heavy atom. The summed E-state index contributed by atoms with van der Waals surface area (Å²) >= 11 is 6.83. The van der Waals surface area contributed by atoms with Crippen LogP contribution < -0.4 is 14.8 Å². The molecule has 0 aliphatic carbocycles. The molecular weight excluding hydrogens is 400 g/mol. The standard InChI is InChI=1S/C15H10Br2N2O2/c16-10-1-3-11(4-2-10)19-13(7-18)9-5-12(17)15-14(6-9)20-8-21-15/h1-6,13,19H,8H2. The zero-order chi connectivity index (χ0) is 14.8. The number of nitrogens with zero attached hydrogens (tertiary/aromatic N) is 1. The predicted octanol–water partition coefficient (Wildman–Crippen LogP) is 4.62. The van der Waals surface area contributed by atoms with Crippen LogP contribution >= 0.6 is 31.9 Å². The van der Waals surface area contributed by atoms with Gasteiger partial charge in [0.2, 0.25) is 6.79 Å². The third-order valence-electron chi connectivity index (χ3n) is 3.07. The molecular formula is C15H10Br2N2O2. The Morgan fingerprint density at radius 1 is 1.14 bits per heavy atom. The lowest BCUT2D eigenvalue weighted by molar-refractivity contribution is 0.173. The predicted molar refractivity (Wildman–Crippen MR) is 86.4 cm³/mol. The summed E-state index contributed by atoms with van der Waals surface area (Å²) in [5.74, 6) is 1.33. The first kappa shape index (κ1) is 14.2. The highest BCUT2D eigenvalue weighted by Gasteiger charge is 2.21. The van der Waals surface area contributed by atoms with Crippen LogP contribution in [0.15, 0.2) is 45.3 Å². The monoisotopic (exact) mass is 408 g/mol. The van der Waals surface area contributed by atoms with Crippen LogP contribution in [-0.4, -0.2) is 6.79 Å². The van der Waals surface area contributed by atoms with Gasteiger partial charge in [0.25, 0.3) is 0 Å². The van der Waals surface area contributed by atoms with Gasteiger partial charge in [-0.25, -0.2) is 0 Å². The molecule has 0 saturated heterocycles. The smallest absolute Gasteiger partial charge is 0.231 e. The van der Waals surface area contributed by atoms with Gasteiger partial charge in [0.15, 0.2) is 11.5 Å². The number of ether oxygens (including phenoxy) is 2. The number of anilines is 1. The number of hydrogen-bond acceptors (Lipinski definition) is 4. The van der Waals surface area contributed by atoms with Gasteiger partial charge in [-0.15, -0.1) is 0 Å². The normalized spacial score (nSPS) is 13.6. The van der Waals surface area contributed by atoms with Crippen molar-refractivity contribution in [3.05, 3.63) is 50.9 Å². The summed E-state index contributed by atoms with van der Waals surface area (Å²) in [5, 5.41) is 12.6. The van der Waals surface area contributed by atoms with Gasteiger partial charge in [0, 0.05) is 10.2 Å². The van der Waals surface area contributed by atoms with Gasteiger partial charge in [0.05, 0.1) is 10.5 Å². The number of hydrogen-bond donors (Lipinski definition) is 1. The van der Waals surface area contributed by atoms with Gasteiger partial charge in [-0.2, -0.15) is 5.26 Å². The molecule has 1 atom stereocenters. The Bertz CT molecular complexity index is 711. The summed E-state index contributed by atoms with van der Waals surface area (Å²) in [6.07, 6.45) is 0. The number of rotatable bonds is 3. The topological polar surface area (TPSA) is 54.3 Å². The molecule has 0 radical (unpaired) electrons. The molecule has 0 aromatic heterocycles. The summed E-state index contributed by atoms with van der Waals surface area (Å²) < 4.78 is 12.5. The van der Waals surface area contributed by atoms with Gasteiger partial charge in [0.1, 0.15) is 6.04 Å². The van der Waals surface area contributed by atoms with Crippen molar-refractivity contribution >= 4 is 37.5 Å². The van der Waals surface area contributed by atoms with E-state index >= 15 is 0 Å². The summed E-state index contributed by atoms with van der Waals surface area (Å²) in [6.45, 7) is 0.203. The SMILES string of the molecule is N#CC(Nc1ccc(Br)cc1)c1cc(Br)c2c(c1)OCO2. The van der Waals surface area contributed by atoms with Crippen LogP contribution in [0, 0.1) is 11.3 Å². The van der Waals surface area contributed by atoms with Crippen LogP contribution in [0.25, 0.3) is 0 Å². The Kier molecular flexibility index (Phi) is 4.04. The molecule has 0 fully saturated rings. The molecule has 0 saturated carbocycles. The van der Waals surface area contributed by atoms with Crippen molar-refractivity contribution in [2.45, 2.75) is 6.04 Å². The van der Waals surface area contributed by atoms with Crippen molar-refractivity contribution < 1.29 is 9.47 Å². The number of benzene rings is 2. The first-order chi connectivity index (χ1) is 10.2. The quantitative estimate of drug-likeness (QED) is 0.803. The highest BCUT2D eigenvalue weighted by molar-refractivity contribution is 9.10. The average Bonchev–Trinajstić information content (AvgIpc) is 2.95. The van der Waals surface area contributed by atoms with Crippen LogP contribution in [0.5, 0.6) is 11.5 Å². The molecule has 21 heavy (non-hydrogen) atoms. The van der Waals surface area contributed by atoms with Crippen LogP contribution in [0.3, 0.4) is 0 Å². The summed E-state index contributed by atoms with van der Waals surface area (Å²) in [4.78, 5) is 0. The average molecular weight is 410 g/mol. The highest BCUT2D eigenvalue weighted by Crippen LogP contribution is 2.41. The third-order valence-corrected chi connectivity index (χ3v) is 4.18. The molecule has 1 N–H and O–H groups in total. The fraction of sp³-hybridized carbons (Fsp3) is 0.133. The van der Waals surface area contributed by atoms with Gasteiger partial charge in [-0.05, 0) is 57.9 Å². The van der Waals surface area contributed by atoms with E-state index in [0.717, 1.165) is 20.2 Å².